The van der Waals surface area contributed by atoms with E-state index in [1.54, 1.807) is 48.5 Å². The molecule has 5 rings (SSSR count). The van der Waals surface area contributed by atoms with Crippen LogP contribution in [0.15, 0.2) is 132 Å². The summed E-state index contributed by atoms with van der Waals surface area (Å²) >= 11 is 0. The summed E-state index contributed by atoms with van der Waals surface area (Å²) in [6.45, 7) is 5.78. The van der Waals surface area contributed by atoms with Gasteiger partial charge < -0.3 is 23.7 Å². The predicted molar refractivity (Wildman–Crippen MR) is 238 cm³/mol. The minimum Gasteiger partial charge on any atom is -0.494 e. The third kappa shape index (κ3) is 16.7. The minimum atomic E-state index is -0.613. The van der Waals surface area contributed by atoms with Crippen molar-refractivity contribution in [3.05, 3.63) is 138 Å². The van der Waals surface area contributed by atoms with Crippen molar-refractivity contribution in [2.75, 3.05) is 13.2 Å². The number of hydrogen-bond acceptors (Lipinski definition) is 10. The third-order valence-electron chi connectivity index (χ3n) is 9.89. The van der Waals surface area contributed by atoms with Crippen LogP contribution in [0, 0.1) is 0 Å². The van der Waals surface area contributed by atoms with Gasteiger partial charge in [-0.1, -0.05) is 90.9 Å². The molecule has 0 bridgehead atoms. The van der Waals surface area contributed by atoms with Crippen LogP contribution in [0.5, 0.6) is 28.7 Å². The lowest BCUT2D eigenvalue weighted by Gasteiger charge is -2.09. The van der Waals surface area contributed by atoms with Crippen LogP contribution in [-0.4, -0.2) is 31.1 Å². The summed E-state index contributed by atoms with van der Waals surface area (Å²) in [6.07, 6.45) is 17.3. The van der Waals surface area contributed by atoms with E-state index in [9.17, 15) is 14.4 Å². The number of carbonyl (C=O) groups is 3. The van der Waals surface area contributed by atoms with Crippen molar-refractivity contribution < 1.29 is 38.1 Å². The number of ether oxygens (including phenoxy) is 5. The number of azo groups is 1. The van der Waals surface area contributed by atoms with E-state index in [1.807, 2.05) is 24.3 Å². The molecule has 0 N–H and O–H groups in total. The molecule has 61 heavy (non-hydrogen) atoms. The summed E-state index contributed by atoms with van der Waals surface area (Å²) in [5.41, 5.74) is 2.20. The fraction of sp³-hybridized carbons (Fsp3) is 0.353. The monoisotopic (exact) mass is 826 g/mol. The van der Waals surface area contributed by atoms with E-state index in [-0.39, 0.29) is 22.6 Å². The lowest BCUT2D eigenvalue weighted by atomic mass is 10.1. The van der Waals surface area contributed by atoms with Gasteiger partial charge >= 0.3 is 17.9 Å². The molecule has 0 aromatic heterocycles. The standard InChI is InChI=1S/C51H58N2O8/c1-3-5-7-9-10-11-12-13-14-16-38-57-44-27-17-39(18-28-44)49(54)59-46-29-19-40(20-30-46)50(55)60-47-31-21-41(22-32-47)51(56)61-48-35-25-43(26-36-48)53-52-42-23-33-45(34-24-42)58-37-15-8-6-4-2/h17-36H,3-16,37-38H2,1-2H3. The first kappa shape index (κ1) is 45.8. The highest BCUT2D eigenvalue weighted by atomic mass is 16.5. The third-order valence-corrected chi connectivity index (χ3v) is 9.89. The highest BCUT2D eigenvalue weighted by Gasteiger charge is 2.14. The van der Waals surface area contributed by atoms with E-state index in [0.717, 1.165) is 25.0 Å². The summed E-state index contributed by atoms with van der Waals surface area (Å²) in [4.78, 5) is 38.4. The Balaban J connectivity index is 0.987. The molecular formula is C51H58N2O8. The second-order valence-electron chi connectivity index (χ2n) is 14.9. The van der Waals surface area contributed by atoms with Crippen LogP contribution >= 0.6 is 0 Å². The number of esters is 3. The Morgan fingerprint density at radius 3 is 0.951 bits per heavy atom. The molecule has 5 aromatic carbocycles. The van der Waals surface area contributed by atoms with Gasteiger partial charge in [0.1, 0.15) is 28.7 Å². The van der Waals surface area contributed by atoms with E-state index < -0.39 is 17.9 Å². The molecule has 0 aliphatic rings. The molecule has 0 spiro atoms. The summed E-state index contributed by atoms with van der Waals surface area (Å²) in [5.74, 6) is 0.671. The number of benzene rings is 5. The minimum absolute atomic E-state index is 0.243. The normalized spacial score (nSPS) is 11.0. The first-order valence-corrected chi connectivity index (χ1v) is 21.7. The van der Waals surface area contributed by atoms with E-state index in [1.165, 1.54) is 119 Å². The van der Waals surface area contributed by atoms with Crippen LogP contribution in [-0.2, 0) is 0 Å². The Morgan fingerprint density at radius 2 is 0.607 bits per heavy atom. The molecule has 0 radical (unpaired) electrons. The zero-order valence-corrected chi connectivity index (χ0v) is 35.5. The predicted octanol–water partition coefficient (Wildman–Crippen LogP) is 14.0. The molecule has 0 aliphatic carbocycles. The zero-order valence-electron chi connectivity index (χ0n) is 35.5. The average molecular weight is 827 g/mol. The van der Waals surface area contributed by atoms with Crippen LogP contribution in [0.25, 0.3) is 0 Å². The lowest BCUT2D eigenvalue weighted by molar-refractivity contribution is 0.0725. The highest BCUT2D eigenvalue weighted by molar-refractivity contribution is 5.93. The van der Waals surface area contributed by atoms with Crippen molar-refractivity contribution >= 4 is 29.3 Å². The Bertz CT molecular complexity index is 2080. The molecular weight excluding hydrogens is 769 g/mol. The van der Waals surface area contributed by atoms with Gasteiger partial charge in [-0.2, -0.15) is 10.2 Å². The molecule has 5 aromatic rings. The van der Waals surface area contributed by atoms with Crippen molar-refractivity contribution in [2.24, 2.45) is 10.2 Å². The summed E-state index contributed by atoms with van der Waals surface area (Å²) in [6, 6.07) is 33.1. The van der Waals surface area contributed by atoms with Crippen LogP contribution in [0.1, 0.15) is 135 Å². The second kappa shape index (κ2) is 26.0. The van der Waals surface area contributed by atoms with Crippen molar-refractivity contribution in [3.63, 3.8) is 0 Å². The Morgan fingerprint density at radius 1 is 0.344 bits per heavy atom. The SMILES string of the molecule is CCCCCCCCCCCCOc1ccc(C(=O)Oc2ccc(C(=O)Oc3ccc(C(=O)Oc4ccc(N=Nc5ccc(OCCCCCC)cc5)cc4)cc3)cc2)cc1. The summed E-state index contributed by atoms with van der Waals surface area (Å²) in [7, 11) is 0. The summed E-state index contributed by atoms with van der Waals surface area (Å²) < 4.78 is 28.2. The maximum absolute atomic E-state index is 12.8. The van der Waals surface area contributed by atoms with Crippen molar-refractivity contribution in [2.45, 2.75) is 104 Å². The number of unbranched alkanes of at least 4 members (excludes halogenated alkanes) is 12. The van der Waals surface area contributed by atoms with Gasteiger partial charge in [-0.15, -0.1) is 0 Å². The number of carbonyl (C=O) groups excluding carboxylic acids is 3. The smallest absolute Gasteiger partial charge is 0.343 e. The van der Waals surface area contributed by atoms with Crippen LogP contribution in [0.2, 0.25) is 0 Å². The van der Waals surface area contributed by atoms with Gasteiger partial charge in [0.2, 0.25) is 0 Å². The molecule has 0 aliphatic heterocycles. The number of rotatable bonds is 26. The Kier molecular flexibility index (Phi) is 19.5. The van der Waals surface area contributed by atoms with E-state index in [0.29, 0.717) is 41.7 Å². The topological polar surface area (TPSA) is 122 Å². The number of hydrogen-bond donors (Lipinski definition) is 0. The van der Waals surface area contributed by atoms with Gasteiger partial charge in [0, 0.05) is 0 Å². The maximum atomic E-state index is 12.8. The molecule has 0 saturated heterocycles. The van der Waals surface area contributed by atoms with Gasteiger partial charge in [-0.3, -0.25) is 0 Å². The molecule has 0 amide bonds. The van der Waals surface area contributed by atoms with Crippen LogP contribution in [0.4, 0.5) is 11.4 Å². The highest BCUT2D eigenvalue weighted by Crippen LogP contribution is 2.25. The maximum Gasteiger partial charge on any atom is 0.343 e. The molecule has 0 unspecified atom stereocenters. The average Bonchev–Trinajstić information content (AvgIpc) is 3.29. The lowest BCUT2D eigenvalue weighted by Crippen LogP contribution is -2.11. The second-order valence-corrected chi connectivity index (χ2v) is 14.9. The van der Waals surface area contributed by atoms with Crippen LogP contribution in [0.3, 0.4) is 0 Å². The fourth-order valence-corrected chi connectivity index (χ4v) is 6.31. The molecule has 0 saturated carbocycles. The molecule has 0 fully saturated rings. The first-order chi connectivity index (χ1) is 29.9. The van der Waals surface area contributed by atoms with E-state index in [4.69, 9.17) is 23.7 Å². The van der Waals surface area contributed by atoms with Crippen molar-refractivity contribution in [1.29, 1.82) is 0 Å². The molecule has 10 nitrogen and oxygen atoms in total. The zero-order chi connectivity index (χ0) is 42.9. The van der Waals surface area contributed by atoms with Gasteiger partial charge in [0.25, 0.3) is 0 Å². The first-order valence-electron chi connectivity index (χ1n) is 21.7. The Hall–Kier alpha value is -6.29. The van der Waals surface area contributed by atoms with Gasteiger partial charge in [0.15, 0.2) is 0 Å². The van der Waals surface area contributed by atoms with Crippen molar-refractivity contribution in [1.82, 2.24) is 0 Å². The molecule has 320 valence electrons. The quantitative estimate of drug-likeness (QED) is 0.0234. The van der Waals surface area contributed by atoms with Gasteiger partial charge in [0.05, 0.1) is 41.3 Å². The van der Waals surface area contributed by atoms with E-state index in [2.05, 4.69) is 24.1 Å². The molecule has 0 heterocycles. The van der Waals surface area contributed by atoms with Crippen LogP contribution < -0.4 is 23.7 Å². The van der Waals surface area contributed by atoms with Crippen molar-refractivity contribution in [3.8, 4) is 28.7 Å². The largest absolute Gasteiger partial charge is 0.494 e. The van der Waals surface area contributed by atoms with E-state index >= 15 is 0 Å². The summed E-state index contributed by atoms with van der Waals surface area (Å²) in [5, 5.41) is 8.54. The fourth-order valence-electron chi connectivity index (χ4n) is 6.31. The van der Waals surface area contributed by atoms with Gasteiger partial charge in [-0.25, -0.2) is 14.4 Å². The molecule has 10 heteroatoms. The Labute approximate surface area is 360 Å². The van der Waals surface area contributed by atoms with Gasteiger partial charge in [-0.05, 0) is 134 Å². The number of nitrogens with zero attached hydrogens (tertiary/aromatic N) is 2. The molecule has 0 atom stereocenters.